The first-order chi connectivity index (χ1) is 12.0. The number of carbonyl (C=O) groups is 1. The second-order valence-corrected chi connectivity index (χ2v) is 6.73. The number of benzene rings is 2. The molecule has 0 bridgehead atoms. The van der Waals surface area contributed by atoms with E-state index in [-0.39, 0.29) is 11.2 Å². The van der Waals surface area contributed by atoms with Gasteiger partial charge in [0.1, 0.15) is 0 Å². The van der Waals surface area contributed by atoms with Crippen LogP contribution < -0.4 is 14.9 Å². The molecule has 2 aromatic carbocycles. The lowest BCUT2D eigenvalue weighted by atomic mass is 10.1. The van der Waals surface area contributed by atoms with Crippen molar-refractivity contribution in [1.82, 2.24) is 5.43 Å². The van der Waals surface area contributed by atoms with Gasteiger partial charge in [0.2, 0.25) is 0 Å². The molecule has 0 aromatic heterocycles. The first-order valence-electron chi connectivity index (χ1n) is 7.83. The number of nitrogens with one attached hydrogen (secondary N) is 1. The molecule has 1 atom stereocenters. The molecule has 1 amide bonds. The Labute approximate surface area is 152 Å². The van der Waals surface area contributed by atoms with E-state index in [1.807, 2.05) is 62.4 Å². The molecule has 1 N–H and O–H groups in total. The smallest absolute Gasteiger partial charge is 0.253 e. The summed E-state index contributed by atoms with van der Waals surface area (Å²) in [5, 5.41) is 3.95. The topological polar surface area (TPSA) is 59.9 Å². The fourth-order valence-electron chi connectivity index (χ4n) is 2.11. The van der Waals surface area contributed by atoms with E-state index in [1.54, 1.807) is 14.2 Å². The van der Waals surface area contributed by atoms with E-state index in [2.05, 4.69) is 10.5 Å². The average molecular weight is 358 g/mol. The predicted octanol–water partition coefficient (Wildman–Crippen LogP) is 3.72. The van der Waals surface area contributed by atoms with Gasteiger partial charge in [-0.05, 0) is 44.2 Å². The van der Waals surface area contributed by atoms with Crippen molar-refractivity contribution in [2.75, 3.05) is 14.2 Å². The molecule has 0 aliphatic carbocycles. The highest BCUT2D eigenvalue weighted by molar-refractivity contribution is 8.00. The fraction of sp³-hybridized carbons (Fsp3) is 0.263. The van der Waals surface area contributed by atoms with Gasteiger partial charge in [-0.2, -0.15) is 5.10 Å². The molecule has 0 spiro atoms. The Morgan fingerprint density at radius 2 is 1.76 bits per heavy atom. The Morgan fingerprint density at radius 1 is 1.08 bits per heavy atom. The van der Waals surface area contributed by atoms with Crippen molar-refractivity contribution in [3.8, 4) is 11.5 Å². The van der Waals surface area contributed by atoms with Crippen molar-refractivity contribution in [3.63, 3.8) is 0 Å². The molecule has 2 aromatic rings. The number of methoxy groups -OCH3 is 2. The zero-order valence-electron chi connectivity index (χ0n) is 14.8. The first-order valence-corrected chi connectivity index (χ1v) is 8.71. The third-order valence-electron chi connectivity index (χ3n) is 3.56. The second-order valence-electron chi connectivity index (χ2n) is 5.32. The fourth-order valence-corrected chi connectivity index (χ4v) is 2.99. The molecule has 2 rings (SSSR count). The molecule has 132 valence electrons. The molecule has 0 radical (unpaired) electrons. The largest absolute Gasteiger partial charge is 0.493 e. The van der Waals surface area contributed by atoms with Crippen molar-refractivity contribution >= 4 is 23.4 Å². The number of rotatable bonds is 7. The van der Waals surface area contributed by atoms with Crippen LogP contribution in [0.5, 0.6) is 11.5 Å². The van der Waals surface area contributed by atoms with E-state index in [4.69, 9.17) is 9.47 Å². The van der Waals surface area contributed by atoms with Gasteiger partial charge in [-0.25, -0.2) is 5.43 Å². The van der Waals surface area contributed by atoms with E-state index in [9.17, 15) is 4.79 Å². The number of hydrazone groups is 1. The SMILES string of the molecule is COc1ccc(/C(C)=N\NC(=O)[C@H](C)Sc2ccccc2)cc1OC. The number of ether oxygens (including phenoxy) is 2. The average Bonchev–Trinajstić information content (AvgIpc) is 2.65. The maximum absolute atomic E-state index is 12.2. The van der Waals surface area contributed by atoms with Gasteiger partial charge in [0, 0.05) is 10.5 Å². The number of amides is 1. The highest BCUT2D eigenvalue weighted by atomic mass is 32.2. The van der Waals surface area contributed by atoms with Gasteiger partial charge in [0.25, 0.3) is 5.91 Å². The molecular formula is C19H22N2O3S. The summed E-state index contributed by atoms with van der Waals surface area (Å²) in [5.41, 5.74) is 4.16. The third-order valence-corrected chi connectivity index (χ3v) is 4.67. The zero-order chi connectivity index (χ0) is 18.2. The van der Waals surface area contributed by atoms with Crippen LogP contribution >= 0.6 is 11.8 Å². The van der Waals surface area contributed by atoms with Gasteiger partial charge in [-0.1, -0.05) is 18.2 Å². The van der Waals surface area contributed by atoms with E-state index >= 15 is 0 Å². The van der Waals surface area contributed by atoms with Crippen molar-refractivity contribution in [2.45, 2.75) is 24.0 Å². The summed E-state index contributed by atoms with van der Waals surface area (Å²) in [4.78, 5) is 13.3. The summed E-state index contributed by atoms with van der Waals surface area (Å²) >= 11 is 1.49. The van der Waals surface area contributed by atoms with Gasteiger partial charge in [-0.15, -0.1) is 11.8 Å². The lowest BCUT2D eigenvalue weighted by molar-refractivity contribution is -0.120. The van der Waals surface area contributed by atoms with Crippen molar-refractivity contribution in [3.05, 3.63) is 54.1 Å². The number of hydrogen-bond donors (Lipinski definition) is 1. The van der Waals surface area contributed by atoms with Gasteiger partial charge in [0.15, 0.2) is 11.5 Å². The van der Waals surface area contributed by atoms with Crippen LogP contribution in [-0.2, 0) is 4.79 Å². The molecule has 5 nitrogen and oxygen atoms in total. The minimum atomic E-state index is -0.246. The summed E-state index contributed by atoms with van der Waals surface area (Å²) in [7, 11) is 3.17. The van der Waals surface area contributed by atoms with Crippen molar-refractivity contribution < 1.29 is 14.3 Å². The highest BCUT2D eigenvalue weighted by Crippen LogP contribution is 2.27. The number of hydrogen-bond acceptors (Lipinski definition) is 5. The first kappa shape index (κ1) is 18.9. The monoisotopic (exact) mass is 358 g/mol. The zero-order valence-corrected chi connectivity index (χ0v) is 15.6. The van der Waals surface area contributed by atoms with Crippen LogP contribution in [0.25, 0.3) is 0 Å². The summed E-state index contributed by atoms with van der Waals surface area (Å²) in [5.74, 6) is 1.12. The van der Waals surface area contributed by atoms with Crippen LogP contribution in [0.15, 0.2) is 58.5 Å². The van der Waals surface area contributed by atoms with Crippen LogP contribution in [0.2, 0.25) is 0 Å². The summed E-state index contributed by atoms with van der Waals surface area (Å²) in [6, 6.07) is 15.3. The standard InChI is InChI=1S/C19H22N2O3S/c1-13(15-10-11-17(23-3)18(12-15)24-4)20-21-19(22)14(2)25-16-8-6-5-7-9-16/h5-12,14H,1-4H3,(H,21,22)/b20-13-/t14-/m0/s1. The molecule has 6 heteroatoms. The van der Waals surface area contributed by atoms with Crippen LogP contribution in [-0.4, -0.2) is 31.1 Å². The highest BCUT2D eigenvalue weighted by Gasteiger charge is 2.14. The molecule has 0 aliphatic rings. The quantitative estimate of drug-likeness (QED) is 0.465. The third kappa shape index (κ3) is 5.26. The van der Waals surface area contributed by atoms with Crippen LogP contribution in [0, 0.1) is 0 Å². The Balaban J connectivity index is 2.01. The maximum atomic E-state index is 12.2. The van der Waals surface area contributed by atoms with Gasteiger partial charge in [-0.3, -0.25) is 4.79 Å². The molecule has 0 fully saturated rings. The molecule has 0 unspecified atom stereocenters. The van der Waals surface area contributed by atoms with Crippen LogP contribution in [0.3, 0.4) is 0 Å². The molecule has 25 heavy (non-hydrogen) atoms. The predicted molar refractivity (Wildman–Crippen MR) is 102 cm³/mol. The molecule has 0 saturated heterocycles. The maximum Gasteiger partial charge on any atom is 0.253 e. The summed E-state index contributed by atoms with van der Waals surface area (Å²) in [6.45, 7) is 3.69. The minimum Gasteiger partial charge on any atom is -0.493 e. The Morgan fingerprint density at radius 3 is 2.40 bits per heavy atom. The van der Waals surface area contributed by atoms with Gasteiger partial charge < -0.3 is 9.47 Å². The number of carbonyl (C=O) groups excluding carboxylic acids is 1. The molecule has 0 aliphatic heterocycles. The van der Waals surface area contributed by atoms with Gasteiger partial charge >= 0.3 is 0 Å². The molecule has 0 saturated carbocycles. The van der Waals surface area contributed by atoms with E-state index in [0.29, 0.717) is 17.2 Å². The molecule has 0 heterocycles. The lowest BCUT2D eigenvalue weighted by Gasteiger charge is -2.11. The van der Waals surface area contributed by atoms with E-state index in [1.165, 1.54) is 11.8 Å². The van der Waals surface area contributed by atoms with Crippen LogP contribution in [0.4, 0.5) is 0 Å². The van der Waals surface area contributed by atoms with Crippen molar-refractivity contribution in [1.29, 1.82) is 0 Å². The molecular weight excluding hydrogens is 336 g/mol. The summed E-state index contributed by atoms with van der Waals surface area (Å²) < 4.78 is 10.5. The lowest BCUT2D eigenvalue weighted by Crippen LogP contribution is -2.27. The summed E-state index contributed by atoms with van der Waals surface area (Å²) in [6.07, 6.45) is 0. The second kappa shape index (κ2) is 9.13. The normalized spacial score (nSPS) is 12.4. The Hall–Kier alpha value is -2.47. The Bertz CT molecular complexity index is 748. The Kier molecular flexibility index (Phi) is 6.89. The van der Waals surface area contributed by atoms with E-state index in [0.717, 1.165) is 10.5 Å². The van der Waals surface area contributed by atoms with Crippen LogP contribution in [0.1, 0.15) is 19.4 Å². The minimum absolute atomic E-state index is 0.145. The van der Waals surface area contributed by atoms with Gasteiger partial charge in [0.05, 0.1) is 25.2 Å². The van der Waals surface area contributed by atoms with Crippen molar-refractivity contribution in [2.24, 2.45) is 5.10 Å². The number of thioether (sulfide) groups is 1. The number of nitrogens with zero attached hydrogens (tertiary/aromatic N) is 1. The van der Waals surface area contributed by atoms with E-state index < -0.39 is 0 Å².